The van der Waals surface area contributed by atoms with E-state index in [1.807, 2.05) is 70.6 Å². The number of carbonyl (C=O) groups is 1. The second-order valence-corrected chi connectivity index (χ2v) is 14.9. The van der Waals surface area contributed by atoms with E-state index in [0.717, 1.165) is 64.5 Å². The third-order valence-electron chi connectivity index (χ3n) is 9.61. The third kappa shape index (κ3) is 5.34. The molecule has 7 rings (SSSR count). The van der Waals surface area contributed by atoms with Crippen molar-refractivity contribution in [1.29, 1.82) is 0 Å². The number of fused-ring (bicyclic) bond motifs is 3. The third-order valence-corrected chi connectivity index (χ3v) is 11.6. The number of hydrogen-bond acceptors (Lipinski definition) is 9. The summed E-state index contributed by atoms with van der Waals surface area (Å²) in [5, 5.41) is 25.0. The Hall–Kier alpha value is -3.61. The molecule has 0 radical (unpaired) electrons. The molecular weight excluding hydrogens is 617 g/mol. The zero-order valence-corrected chi connectivity index (χ0v) is 28.4. The number of aliphatic hydroxyl groups is 1. The Bertz CT molecular complexity index is 2100. The van der Waals surface area contributed by atoms with E-state index in [1.54, 1.807) is 27.4 Å². The minimum atomic E-state index is -0.514. The van der Waals surface area contributed by atoms with Crippen molar-refractivity contribution in [3.63, 3.8) is 0 Å². The van der Waals surface area contributed by atoms with Crippen LogP contribution in [0.25, 0.3) is 31.2 Å². The van der Waals surface area contributed by atoms with Gasteiger partial charge in [-0.1, -0.05) is 29.5 Å². The van der Waals surface area contributed by atoms with Crippen LogP contribution in [0.4, 0.5) is 0 Å². The van der Waals surface area contributed by atoms with E-state index >= 15 is 0 Å². The van der Waals surface area contributed by atoms with Crippen molar-refractivity contribution in [2.45, 2.75) is 71.4 Å². The van der Waals surface area contributed by atoms with Gasteiger partial charge < -0.3 is 19.2 Å². The number of aliphatic hydroxyl groups excluding tert-OH is 1. The molecule has 0 amide bonds. The van der Waals surface area contributed by atoms with E-state index in [-0.39, 0.29) is 31.5 Å². The zero-order valence-electron chi connectivity index (χ0n) is 26.8. The Labute approximate surface area is 276 Å². The summed E-state index contributed by atoms with van der Waals surface area (Å²) in [6, 6.07) is 16.4. The van der Waals surface area contributed by atoms with Crippen molar-refractivity contribution in [1.82, 2.24) is 15.0 Å². The van der Waals surface area contributed by atoms with Crippen molar-refractivity contribution in [3.8, 4) is 0 Å². The van der Waals surface area contributed by atoms with Crippen LogP contribution in [0.15, 0.2) is 59.3 Å². The van der Waals surface area contributed by atoms with Gasteiger partial charge in [-0.2, -0.15) is 0 Å². The Balaban J connectivity index is 1.20. The number of thiophene rings is 2. The molecule has 3 aromatic carbocycles. The molecule has 1 atom stereocenters. The first-order chi connectivity index (χ1) is 22.0. The van der Waals surface area contributed by atoms with Gasteiger partial charge in [0.2, 0.25) is 0 Å². The molecule has 1 N–H and O–H groups in total. The molecule has 1 aliphatic heterocycles. The highest BCUT2D eigenvalue weighted by atomic mass is 32.1. The molecule has 0 spiro atoms. The normalized spacial score (nSPS) is 16.5. The highest BCUT2D eigenvalue weighted by molar-refractivity contribution is 7.17. The maximum atomic E-state index is 13.8. The summed E-state index contributed by atoms with van der Waals surface area (Å²) in [4.78, 5) is 13.8. The minimum absolute atomic E-state index is 0.0832. The molecule has 11 heteroatoms. The molecule has 0 saturated carbocycles. The molecule has 46 heavy (non-hydrogen) atoms. The van der Waals surface area contributed by atoms with Gasteiger partial charge in [0.05, 0.1) is 29.7 Å². The zero-order chi connectivity index (χ0) is 32.4. The first-order valence-corrected chi connectivity index (χ1v) is 17.1. The minimum Gasteiger partial charge on any atom is -0.461 e. The Morgan fingerprint density at radius 1 is 0.978 bits per heavy atom. The van der Waals surface area contributed by atoms with Crippen LogP contribution in [0.3, 0.4) is 0 Å². The van der Waals surface area contributed by atoms with E-state index in [1.165, 1.54) is 0 Å². The number of hydrogen-bond donors (Lipinski definition) is 1. The second-order valence-electron chi connectivity index (χ2n) is 13.1. The molecule has 236 valence electrons. The van der Waals surface area contributed by atoms with Crippen molar-refractivity contribution >= 4 is 72.4 Å². The van der Waals surface area contributed by atoms with Gasteiger partial charge in [0.15, 0.2) is 0 Å². The number of nitrogens with zero attached hydrogens (tertiary/aromatic N) is 3. The molecule has 0 bridgehead atoms. The average molecular weight is 654 g/mol. The molecule has 1 saturated heterocycles. The molecular formula is C35H36BN3O5S2. The van der Waals surface area contributed by atoms with Crippen LogP contribution >= 0.6 is 22.7 Å². The highest BCUT2D eigenvalue weighted by Crippen LogP contribution is 2.39. The number of aromatic nitrogens is 3. The lowest BCUT2D eigenvalue weighted by atomic mass is 9.78. The Kier molecular flexibility index (Phi) is 7.80. The lowest BCUT2D eigenvalue weighted by Crippen LogP contribution is -2.41. The van der Waals surface area contributed by atoms with Crippen LogP contribution in [-0.4, -0.2) is 44.4 Å². The number of aryl methyl sites for hydroxylation is 2. The molecule has 3 aromatic heterocycles. The highest BCUT2D eigenvalue weighted by Gasteiger charge is 2.51. The summed E-state index contributed by atoms with van der Waals surface area (Å²) in [6.45, 7) is 10.2. The smallest absolute Gasteiger partial charge is 0.461 e. The maximum Gasteiger partial charge on any atom is 0.494 e. The summed E-state index contributed by atoms with van der Waals surface area (Å²) < 4.78 is 22.6. The largest absolute Gasteiger partial charge is 0.494 e. The molecule has 1 fully saturated rings. The van der Waals surface area contributed by atoms with Crippen molar-refractivity contribution in [3.05, 3.63) is 87.1 Å². The quantitative estimate of drug-likeness (QED) is 0.143. The van der Waals surface area contributed by atoms with Crippen molar-refractivity contribution in [2.24, 2.45) is 7.05 Å². The van der Waals surface area contributed by atoms with E-state index in [9.17, 15) is 9.90 Å². The molecule has 8 nitrogen and oxygen atoms in total. The number of benzene rings is 3. The maximum absolute atomic E-state index is 13.8. The molecule has 1 aliphatic rings. The summed E-state index contributed by atoms with van der Waals surface area (Å²) in [7, 11) is 1.35. The van der Waals surface area contributed by atoms with Crippen LogP contribution < -0.4 is 5.46 Å². The van der Waals surface area contributed by atoms with E-state index in [0.29, 0.717) is 0 Å². The summed E-state index contributed by atoms with van der Waals surface area (Å²) in [5.74, 6) is -0.628. The average Bonchev–Trinajstić information content (AvgIpc) is 3.81. The lowest BCUT2D eigenvalue weighted by molar-refractivity contribution is -0.145. The standard InChI is InChI=1S/C35H36BN3O5S2/c1-20-27(7-8-29-31(20)37-38-39(29)6)28(23-13-21-9-11-45-32(21)24(14-23)18-40)17-30(41)42-19-25-16-26(15-22-10-12-46-33(22)25)36-43-34(2,3)35(4,5)44-36/h7-16,28,40H,17-19H2,1-6H3. The fourth-order valence-corrected chi connectivity index (χ4v) is 8.09. The van der Waals surface area contributed by atoms with E-state index in [4.69, 9.17) is 14.0 Å². The van der Waals surface area contributed by atoms with E-state index in [2.05, 4.69) is 40.6 Å². The Morgan fingerprint density at radius 2 is 1.65 bits per heavy atom. The van der Waals surface area contributed by atoms with Gasteiger partial charge in [-0.05, 0) is 108 Å². The molecule has 6 aromatic rings. The summed E-state index contributed by atoms with van der Waals surface area (Å²) in [5.41, 5.74) is 6.37. The molecule has 1 unspecified atom stereocenters. The Morgan fingerprint density at radius 3 is 2.35 bits per heavy atom. The molecule has 0 aliphatic carbocycles. The van der Waals surface area contributed by atoms with Gasteiger partial charge in [-0.25, -0.2) is 4.68 Å². The predicted molar refractivity (Wildman–Crippen MR) is 185 cm³/mol. The lowest BCUT2D eigenvalue weighted by Gasteiger charge is -2.32. The number of rotatable bonds is 8. The van der Waals surface area contributed by atoms with Gasteiger partial charge in [-0.15, -0.1) is 27.8 Å². The van der Waals surface area contributed by atoms with Gasteiger partial charge >= 0.3 is 13.1 Å². The van der Waals surface area contributed by atoms with Crippen LogP contribution in [0.1, 0.15) is 67.9 Å². The number of ether oxygens (including phenoxy) is 1. The van der Waals surface area contributed by atoms with Crippen molar-refractivity contribution < 1.29 is 23.9 Å². The van der Waals surface area contributed by atoms with Gasteiger partial charge in [0.1, 0.15) is 12.1 Å². The van der Waals surface area contributed by atoms with Crippen LogP contribution in [0.2, 0.25) is 0 Å². The number of esters is 1. The fourth-order valence-electron chi connectivity index (χ4n) is 6.32. The monoisotopic (exact) mass is 653 g/mol. The first-order valence-electron chi connectivity index (χ1n) is 15.4. The van der Waals surface area contributed by atoms with Gasteiger partial charge in [0, 0.05) is 27.9 Å². The van der Waals surface area contributed by atoms with Crippen LogP contribution in [-0.2, 0) is 39.1 Å². The summed E-state index contributed by atoms with van der Waals surface area (Å²) >= 11 is 3.23. The van der Waals surface area contributed by atoms with Gasteiger partial charge in [-0.3, -0.25) is 4.79 Å². The van der Waals surface area contributed by atoms with E-state index < -0.39 is 18.3 Å². The topological polar surface area (TPSA) is 95.7 Å². The van der Waals surface area contributed by atoms with Crippen LogP contribution in [0, 0.1) is 6.92 Å². The number of carbonyl (C=O) groups excluding carboxylic acids is 1. The predicted octanol–water partition coefficient (Wildman–Crippen LogP) is 6.76. The van der Waals surface area contributed by atoms with Crippen molar-refractivity contribution in [2.75, 3.05) is 0 Å². The van der Waals surface area contributed by atoms with Gasteiger partial charge in [0.25, 0.3) is 0 Å². The second kappa shape index (κ2) is 11.6. The SMILES string of the molecule is Cc1c(C(CC(=O)OCc2cc(B3OC(C)(C)C(C)(C)O3)cc3ccsc23)c2cc(CO)c3sccc3c2)ccc2c1nnn2C. The molecule has 4 heterocycles. The summed E-state index contributed by atoms with van der Waals surface area (Å²) in [6.07, 6.45) is 0.123. The first kappa shape index (κ1) is 31.0. The fraction of sp³-hybridized carbons (Fsp3) is 0.343. The van der Waals surface area contributed by atoms with Crippen LogP contribution in [0.5, 0.6) is 0 Å².